The molecule has 88 valence electrons. The summed E-state index contributed by atoms with van der Waals surface area (Å²) in [6.45, 7) is 4.07. The first-order valence-electron chi connectivity index (χ1n) is 5.81. The molecule has 0 bridgehead atoms. The third-order valence-electron chi connectivity index (χ3n) is 3.27. The van der Waals surface area contributed by atoms with Gasteiger partial charge in [-0.2, -0.15) is 5.10 Å². The van der Waals surface area contributed by atoms with Crippen LogP contribution in [-0.4, -0.2) is 23.3 Å². The van der Waals surface area contributed by atoms with Crippen molar-refractivity contribution in [1.29, 1.82) is 0 Å². The molecule has 1 aromatic rings. The van der Waals surface area contributed by atoms with Crippen molar-refractivity contribution in [1.82, 2.24) is 10.2 Å². The van der Waals surface area contributed by atoms with Gasteiger partial charge in [0.1, 0.15) is 5.56 Å². The van der Waals surface area contributed by atoms with E-state index in [0.29, 0.717) is 11.5 Å². The van der Waals surface area contributed by atoms with Gasteiger partial charge in [-0.25, -0.2) is 4.79 Å². The number of H-pyrrole nitrogens is 1. The average Bonchev–Trinajstić information content (AvgIpc) is 2.58. The molecule has 4 heteroatoms. The molecule has 1 heterocycles. The molecule has 0 amide bonds. The number of esters is 1. The third kappa shape index (κ3) is 1.72. The molecule has 16 heavy (non-hydrogen) atoms. The van der Waals surface area contributed by atoms with Gasteiger partial charge in [0.25, 0.3) is 0 Å². The predicted molar refractivity (Wildman–Crippen MR) is 60.6 cm³/mol. The second-order valence-corrected chi connectivity index (χ2v) is 4.67. The number of carbonyl (C=O) groups excluding carboxylic acids is 1. The molecule has 0 aromatic carbocycles. The lowest BCUT2D eigenvalue weighted by Crippen LogP contribution is -2.15. The van der Waals surface area contributed by atoms with Crippen LogP contribution in [0.5, 0.6) is 0 Å². The second-order valence-electron chi connectivity index (χ2n) is 4.67. The first kappa shape index (κ1) is 11.2. The quantitative estimate of drug-likeness (QED) is 0.800. The molecule has 1 fully saturated rings. The summed E-state index contributed by atoms with van der Waals surface area (Å²) in [7, 11) is 1.42. The van der Waals surface area contributed by atoms with Crippen LogP contribution >= 0.6 is 0 Å². The molecule has 4 nitrogen and oxygen atoms in total. The van der Waals surface area contributed by atoms with Crippen LogP contribution in [-0.2, 0) is 4.74 Å². The van der Waals surface area contributed by atoms with Gasteiger partial charge >= 0.3 is 5.97 Å². The highest BCUT2D eigenvalue weighted by molar-refractivity contribution is 5.92. The van der Waals surface area contributed by atoms with Gasteiger partial charge in [-0.1, -0.05) is 20.3 Å². The van der Waals surface area contributed by atoms with Gasteiger partial charge in [0.15, 0.2) is 0 Å². The van der Waals surface area contributed by atoms with Crippen molar-refractivity contribution in [2.45, 2.75) is 44.9 Å². The van der Waals surface area contributed by atoms with Crippen molar-refractivity contribution in [3.8, 4) is 0 Å². The van der Waals surface area contributed by atoms with Crippen molar-refractivity contribution in [2.75, 3.05) is 7.11 Å². The number of carbonyl (C=O) groups is 1. The number of hydrogen-bond acceptors (Lipinski definition) is 3. The van der Waals surface area contributed by atoms with Crippen LogP contribution < -0.4 is 0 Å². The minimum absolute atomic E-state index is 0.235. The molecule has 1 aliphatic carbocycles. The van der Waals surface area contributed by atoms with E-state index in [2.05, 4.69) is 10.2 Å². The minimum Gasteiger partial charge on any atom is -0.465 e. The molecular formula is C12H18N2O2. The highest BCUT2D eigenvalue weighted by Gasteiger charge is 2.30. The van der Waals surface area contributed by atoms with Gasteiger partial charge in [0, 0.05) is 5.92 Å². The zero-order valence-electron chi connectivity index (χ0n) is 10.0. The molecule has 2 rings (SSSR count). The Morgan fingerprint density at radius 3 is 2.62 bits per heavy atom. The lowest BCUT2D eigenvalue weighted by molar-refractivity contribution is 0.0596. The van der Waals surface area contributed by atoms with Crippen molar-refractivity contribution in [3.63, 3.8) is 0 Å². The van der Waals surface area contributed by atoms with Crippen LogP contribution in [0.2, 0.25) is 0 Å². The molecule has 1 saturated carbocycles. The number of nitrogens with one attached hydrogen (secondary N) is 1. The lowest BCUT2D eigenvalue weighted by Gasteiger charge is -2.24. The summed E-state index contributed by atoms with van der Waals surface area (Å²) in [6, 6.07) is 0. The van der Waals surface area contributed by atoms with E-state index in [1.807, 2.05) is 13.8 Å². The van der Waals surface area contributed by atoms with E-state index in [4.69, 9.17) is 4.74 Å². The van der Waals surface area contributed by atoms with E-state index in [0.717, 1.165) is 24.2 Å². The topological polar surface area (TPSA) is 55.0 Å². The van der Waals surface area contributed by atoms with Gasteiger partial charge in [0.05, 0.1) is 18.5 Å². The van der Waals surface area contributed by atoms with E-state index in [-0.39, 0.29) is 11.9 Å². The average molecular weight is 222 g/mol. The van der Waals surface area contributed by atoms with Gasteiger partial charge in [0.2, 0.25) is 0 Å². The molecule has 1 aromatic heterocycles. The van der Waals surface area contributed by atoms with Crippen LogP contribution in [0.4, 0.5) is 0 Å². The van der Waals surface area contributed by atoms with Crippen LogP contribution in [0, 0.1) is 0 Å². The van der Waals surface area contributed by atoms with E-state index < -0.39 is 0 Å². The SMILES string of the molecule is COC(=O)c1c(C(C)C)n[nH]c1C1CCC1. The monoisotopic (exact) mass is 222 g/mol. The number of aromatic amines is 1. The molecule has 0 saturated heterocycles. The first-order chi connectivity index (χ1) is 7.65. The summed E-state index contributed by atoms with van der Waals surface area (Å²) in [6.07, 6.45) is 3.52. The molecule has 1 aliphatic rings. The maximum atomic E-state index is 11.8. The fraction of sp³-hybridized carbons (Fsp3) is 0.667. The predicted octanol–water partition coefficient (Wildman–Crippen LogP) is 2.59. The van der Waals surface area contributed by atoms with Gasteiger partial charge in [-0.05, 0) is 18.8 Å². The summed E-state index contributed by atoms with van der Waals surface area (Å²) in [5.41, 5.74) is 2.47. The largest absolute Gasteiger partial charge is 0.465 e. The first-order valence-corrected chi connectivity index (χ1v) is 5.81. The molecule has 1 N–H and O–H groups in total. The molecule has 0 radical (unpaired) electrons. The van der Waals surface area contributed by atoms with Crippen LogP contribution in [0.1, 0.15) is 66.7 Å². The second kappa shape index (κ2) is 4.28. The molecule has 0 spiro atoms. The smallest absolute Gasteiger partial charge is 0.341 e. The third-order valence-corrected chi connectivity index (χ3v) is 3.27. The Kier molecular flexibility index (Phi) is 2.99. The lowest BCUT2D eigenvalue weighted by atomic mass is 9.81. The number of aromatic nitrogens is 2. The fourth-order valence-corrected chi connectivity index (χ4v) is 2.10. The summed E-state index contributed by atoms with van der Waals surface area (Å²) < 4.78 is 4.85. The van der Waals surface area contributed by atoms with Crippen LogP contribution in [0.15, 0.2) is 0 Å². The van der Waals surface area contributed by atoms with Crippen molar-refractivity contribution < 1.29 is 9.53 Å². The summed E-state index contributed by atoms with van der Waals surface area (Å²) >= 11 is 0. The Morgan fingerprint density at radius 1 is 1.50 bits per heavy atom. The highest BCUT2D eigenvalue weighted by atomic mass is 16.5. The number of rotatable bonds is 3. The Bertz CT molecular complexity index is 392. The standard InChI is InChI=1S/C12H18N2O2/c1-7(2)10-9(12(15)16-3)11(14-13-10)8-5-4-6-8/h7-8H,4-6H2,1-3H3,(H,13,14). The maximum Gasteiger partial charge on any atom is 0.341 e. The van der Waals surface area contributed by atoms with Crippen LogP contribution in [0.3, 0.4) is 0 Å². The van der Waals surface area contributed by atoms with Crippen LogP contribution in [0.25, 0.3) is 0 Å². The number of methoxy groups -OCH3 is 1. The maximum absolute atomic E-state index is 11.8. The van der Waals surface area contributed by atoms with E-state index in [1.54, 1.807) is 0 Å². The normalized spacial score (nSPS) is 16.2. The molecule has 0 aliphatic heterocycles. The van der Waals surface area contributed by atoms with Crippen molar-refractivity contribution in [3.05, 3.63) is 17.0 Å². The molecular weight excluding hydrogens is 204 g/mol. The Hall–Kier alpha value is -1.32. The Labute approximate surface area is 95.4 Å². The number of ether oxygens (including phenoxy) is 1. The highest BCUT2D eigenvalue weighted by Crippen LogP contribution is 2.38. The zero-order chi connectivity index (χ0) is 11.7. The van der Waals surface area contributed by atoms with E-state index >= 15 is 0 Å². The van der Waals surface area contributed by atoms with E-state index in [1.165, 1.54) is 13.5 Å². The molecule has 0 atom stereocenters. The minimum atomic E-state index is -0.264. The Morgan fingerprint density at radius 2 is 2.19 bits per heavy atom. The summed E-state index contributed by atoms with van der Waals surface area (Å²) in [5, 5.41) is 7.28. The van der Waals surface area contributed by atoms with E-state index in [9.17, 15) is 4.79 Å². The van der Waals surface area contributed by atoms with Crippen molar-refractivity contribution in [2.24, 2.45) is 0 Å². The molecule has 0 unspecified atom stereocenters. The fourth-order valence-electron chi connectivity index (χ4n) is 2.10. The Balaban J connectivity index is 2.40. The summed E-state index contributed by atoms with van der Waals surface area (Å²) in [5.74, 6) is 0.438. The van der Waals surface area contributed by atoms with Crippen molar-refractivity contribution >= 4 is 5.97 Å². The van der Waals surface area contributed by atoms with Gasteiger partial charge in [-0.15, -0.1) is 0 Å². The zero-order valence-corrected chi connectivity index (χ0v) is 10.0. The number of hydrogen-bond donors (Lipinski definition) is 1. The summed E-state index contributed by atoms with van der Waals surface area (Å²) in [4.78, 5) is 11.8. The van der Waals surface area contributed by atoms with Gasteiger partial charge in [-0.3, -0.25) is 5.10 Å². The van der Waals surface area contributed by atoms with Gasteiger partial charge < -0.3 is 4.74 Å². The number of nitrogens with zero attached hydrogens (tertiary/aromatic N) is 1.